The zero-order valence-electron chi connectivity index (χ0n) is 14.4. The number of methoxy groups -OCH3 is 2. The molecule has 27 heavy (non-hydrogen) atoms. The van der Waals surface area contributed by atoms with Crippen molar-refractivity contribution in [3.8, 4) is 11.5 Å². The number of hydrogen-bond acceptors (Lipinski definition) is 7. The van der Waals surface area contributed by atoms with Crippen molar-refractivity contribution in [2.75, 3.05) is 20.8 Å². The zero-order valence-corrected chi connectivity index (χ0v) is 15.2. The van der Waals surface area contributed by atoms with E-state index in [0.29, 0.717) is 11.5 Å². The van der Waals surface area contributed by atoms with Crippen LogP contribution in [-0.4, -0.2) is 41.0 Å². The molecule has 0 unspecified atom stereocenters. The summed E-state index contributed by atoms with van der Waals surface area (Å²) in [4.78, 5) is 23.7. The van der Waals surface area contributed by atoms with Gasteiger partial charge in [0.2, 0.25) is 10.0 Å². The third-order valence-corrected chi connectivity index (χ3v) is 4.44. The minimum atomic E-state index is -4.13. The highest BCUT2D eigenvalue weighted by Gasteiger charge is 2.20. The van der Waals surface area contributed by atoms with Gasteiger partial charge in [-0.1, -0.05) is 0 Å². The highest BCUT2D eigenvalue weighted by Crippen LogP contribution is 2.27. The molecule has 2 aromatic rings. The number of esters is 1. The Labute approximate surface area is 154 Å². The first-order valence-electron chi connectivity index (χ1n) is 7.42. The second-order valence-corrected chi connectivity index (χ2v) is 6.82. The Morgan fingerprint density at radius 1 is 1.04 bits per heavy atom. The summed E-state index contributed by atoms with van der Waals surface area (Å²) < 4.78 is 51.3. The Kier molecular flexibility index (Phi) is 6.13. The van der Waals surface area contributed by atoms with Crippen molar-refractivity contribution in [2.45, 2.75) is 4.90 Å². The molecule has 0 spiro atoms. The number of Topliss-reactive ketones (excluding diaryl/α,β-unsaturated/α-hetero) is 1. The molecule has 0 aliphatic heterocycles. The van der Waals surface area contributed by atoms with Crippen LogP contribution in [0.2, 0.25) is 0 Å². The van der Waals surface area contributed by atoms with E-state index in [2.05, 4.69) is 0 Å². The van der Waals surface area contributed by atoms with Gasteiger partial charge in [0.1, 0.15) is 5.82 Å². The van der Waals surface area contributed by atoms with Crippen LogP contribution >= 0.6 is 0 Å². The van der Waals surface area contributed by atoms with E-state index in [1.54, 1.807) is 0 Å². The molecule has 0 aliphatic carbocycles. The minimum Gasteiger partial charge on any atom is -0.493 e. The summed E-state index contributed by atoms with van der Waals surface area (Å²) in [5.41, 5.74) is -0.471. The molecule has 0 aliphatic rings. The van der Waals surface area contributed by atoms with Gasteiger partial charge in [0.25, 0.3) is 0 Å². The van der Waals surface area contributed by atoms with Gasteiger partial charge in [-0.3, -0.25) is 4.79 Å². The molecule has 10 heteroatoms. The van der Waals surface area contributed by atoms with Gasteiger partial charge in [-0.25, -0.2) is 22.7 Å². The molecule has 8 nitrogen and oxygen atoms in total. The number of carbonyl (C=O) groups is 2. The third-order valence-electron chi connectivity index (χ3n) is 3.53. The molecule has 0 amide bonds. The molecular weight excluding hydrogens is 381 g/mol. The van der Waals surface area contributed by atoms with Gasteiger partial charge in [0, 0.05) is 5.56 Å². The lowest BCUT2D eigenvalue weighted by Gasteiger charge is -2.10. The highest BCUT2D eigenvalue weighted by atomic mass is 32.2. The van der Waals surface area contributed by atoms with E-state index in [4.69, 9.17) is 19.3 Å². The standard InChI is InChI=1S/C17H16FNO7S/c1-24-15-6-3-10(7-16(15)25-2)14(20)9-26-17(21)12-8-11(27(19,22)23)4-5-13(12)18/h3-8H,9H2,1-2H3,(H2,19,22,23). The van der Waals surface area contributed by atoms with Crippen LogP contribution in [0.3, 0.4) is 0 Å². The van der Waals surface area contributed by atoms with Gasteiger partial charge >= 0.3 is 5.97 Å². The number of ether oxygens (including phenoxy) is 3. The second-order valence-electron chi connectivity index (χ2n) is 5.26. The topological polar surface area (TPSA) is 122 Å². The van der Waals surface area contributed by atoms with Gasteiger partial charge in [0.15, 0.2) is 23.9 Å². The summed E-state index contributed by atoms with van der Waals surface area (Å²) in [7, 11) is -1.30. The molecule has 0 fully saturated rings. The van der Waals surface area contributed by atoms with Crippen molar-refractivity contribution in [2.24, 2.45) is 5.14 Å². The highest BCUT2D eigenvalue weighted by molar-refractivity contribution is 7.89. The molecule has 144 valence electrons. The SMILES string of the molecule is COc1ccc(C(=O)COC(=O)c2cc(S(N)(=O)=O)ccc2F)cc1OC. The Bertz CT molecular complexity index is 989. The van der Waals surface area contributed by atoms with Gasteiger partial charge in [-0.05, 0) is 36.4 Å². The zero-order chi connectivity index (χ0) is 20.2. The fourth-order valence-electron chi connectivity index (χ4n) is 2.14. The number of ketones is 1. The third kappa shape index (κ3) is 4.80. The lowest BCUT2D eigenvalue weighted by Crippen LogP contribution is -2.17. The molecule has 0 saturated carbocycles. The molecule has 0 bridgehead atoms. The molecule has 2 N–H and O–H groups in total. The smallest absolute Gasteiger partial charge is 0.341 e. The molecule has 2 aromatic carbocycles. The first-order valence-corrected chi connectivity index (χ1v) is 8.96. The van der Waals surface area contributed by atoms with E-state index in [9.17, 15) is 22.4 Å². The van der Waals surface area contributed by atoms with Crippen molar-refractivity contribution in [1.29, 1.82) is 0 Å². The Hall–Kier alpha value is -2.98. The average Bonchev–Trinajstić information content (AvgIpc) is 2.64. The Morgan fingerprint density at radius 3 is 2.30 bits per heavy atom. The second kappa shape index (κ2) is 8.14. The number of hydrogen-bond donors (Lipinski definition) is 1. The van der Waals surface area contributed by atoms with Crippen molar-refractivity contribution >= 4 is 21.8 Å². The lowest BCUT2D eigenvalue weighted by molar-refractivity contribution is 0.0469. The van der Waals surface area contributed by atoms with Crippen LogP contribution in [0.4, 0.5) is 4.39 Å². The summed E-state index contributed by atoms with van der Waals surface area (Å²) >= 11 is 0. The first kappa shape index (κ1) is 20.3. The molecule has 0 aromatic heterocycles. The van der Waals surface area contributed by atoms with Crippen molar-refractivity contribution in [3.05, 3.63) is 53.3 Å². The number of sulfonamides is 1. The maximum absolute atomic E-state index is 13.8. The van der Waals surface area contributed by atoms with E-state index in [1.165, 1.54) is 32.4 Å². The number of carbonyl (C=O) groups excluding carboxylic acids is 2. The van der Waals surface area contributed by atoms with Gasteiger partial charge in [0.05, 0.1) is 24.7 Å². The normalized spacial score (nSPS) is 11.0. The monoisotopic (exact) mass is 397 g/mol. The van der Waals surface area contributed by atoms with Crippen molar-refractivity contribution in [1.82, 2.24) is 0 Å². The number of halogens is 1. The average molecular weight is 397 g/mol. The summed E-state index contributed by atoms with van der Waals surface area (Å²) in [5.74, 6) is -2.07. The molecule has 0 heterocycles. The van der Waals surface area contributed by atoms with Crippen LogP contribution in [0.5, 0.6) is 11.5 Å². The first-order chi connectivity index (χ1) is 12.7. The van der Waals surface area contributed by atoms with Crippen LogP contribution < -0.4 is 14.6 Å². The fourth-order valence-corrected chi connectivity index (χ4v) is 2.68. The van der Waals surface area contributed by atoms with E-state index < -0.39 is 44.7 Å². The van der Waals surface area contributed by atoms with Gasteiger partial charge in [-0.15, -0.1) is 0 Å². The minimum absolute atomic E-state index is 0.180. The predicted molar refractivity (Wildman–Crippen MR) is 91.9 cm³/mol. The molecular formula is C17H16FNO7S. The summed E-state index contributed by atoms with van der Waals surface area (Å²) in [5, 5.41) is 4.95. The number of benzene rings is 2. The van der Waals surface area contributed by atoms with E-state index >= 15 is 0 Å². The fraction of sp³-hybridized carbons (Fsp3) is 0.176. The molecule has 0 atom stereocenters. The quantitative estimate of drug-likeness (QED) is 0.555. The van der Waals surface area contributed by atoms with E-state index in [1.807, 2.05) is 0 Å². The molecule has 0 radical (unpaired) electrons. The summed E-state index contributed by atoms with van der Waals surface area (Å²) in [6, 6.07) is 6.77. The van der Waals surface area contributed by atoms with Crippen molar-refractivity contribution in [3.63, 3.8) is 0 Å². The van der Waals surface area contributed by atoms with Crippen LogP contribution in [0.15, 0.2) is 41.3 Å². The number of rotatable bonds is 7. The van der Waals surface area contributed by atoms with Crippen molar-refractivity contribution < 1.29 is 36.6 Å². The van der Waals surface area contributed by atoms with Crippen LogP contribution in [0.25, 0.3) is 0 Å². The van der Waals surface area contributed by atoms with Crippen LogP contribution in [0, 0.1) is 5.82 Å². The maximum Gasteiger partial charge on any atom is 0.341 e. The molecule has 2 rings (SSSR count). The predicted octanol–water partition coefficient (Wildman–Crippen LogP) is 1.53. The van der Waals surface area contributed by atoms with Crippen LogP contribution in [0.1, 0.15) is 20.7 Å². The maximum atomic E-state index is 13.8. The van der Waals surface area contributed by atoms with Crippen LogP contribution in [-0.2, 0) is 14.8 Å². The summed E-state index contributed by atoms with van der Waals surface area (Å²) in [6.07, 6.45) is 0. The molecule has 0 saturated heterocycles. The Balaban J connectivity index is 2.15. The number of primary sulfonamides is 1. The van der Waals surface area contributed by atoms with Gasteiger partial charge < -0.3 is 14.2 Å². The van der Waals surface area contributed by atoms with E-state index in [-0.39, 0.29) is 5.56 Å². The summed E-state index contributed by atoms with van der Waals surface area (Å²) in [6.45, 7) is -0.687. The number of nitrogens with two attached hydrogens (primary N) is 1. The van der Waals surface area contributed by atoms with Gasteiger partial charge in [-0.2, -0.15) is 0 Å². The van der Waals surface area contributed by atoms with E-state index in [0.717, 1.165) is 18.2 Å². The largest absolute Gasteiger partial charge is 0.493 e. The Morgan fingerprint density at radius 2 is 1.70 bits per heavy atom. The lowest BCUT2D eigenvalue weighted by atomic mass is 10.1.